The van der Waals surface area contributed by atoms with E-state index in [0.717, 1.165) is 32.0 Å². The zero-order valence-electron chi connectivity index (χ0n) is 21.5. The van der Waals surface area contributed by atoms with Gasteiger partial charge in [-0.25, -0.2) is 0 Å². The van der Waals surface area contributed by atoms with Crippen LogP contribution >= 0.6 is 0 Å². The summed E-state index contributed by atoms with van der Waals surface area (Å²) in [6, 6.07) is 0.897. The molecule has 1 heterocycles. The second kappa shape index (κ2) is 9.89. The topological polar surface area (TPSA) is 173 Å². The van der Waals surface area contributed by atoms with Gasteiger partial charge in [0.05, 0.1) is 11.1 Å². The third-order valence-electron chi connectivity index (χ3n) is 8.55. The molecule has 0 aromatic heterocycles. The summed E-state index contributed by atoms with van der Waals surface area (Å²) in [4.78, 5) is 39.9. The Morgan fingerprint density at radius 1 is 1.15 bits per heavy atom. The number of fused-ring (bicyclic) bond motifs is 3. The molecule has 1 amide bonds. The Morgan fingerprint density at radius 3 is 2.45 bits per heavy atom. The van der Waals surface area contributed by atoms with Crippen molar-refractivity contribution in [1.29, 1.82) is 0 Å². The maximum Gasteiger partial charge on any atom is 0.417 e. The fraction of sp³-hybridized carbons (Fsp3) is 0.519. The van der Waals surface area contributed by atoms with Crippen LogP contribution in [0.3, 0.4) is 0 Å². The molecule has 1 saturated heterocycles. The molecular formula is C27H30F3N3O7. The van der Waals surface area contributed by atoms with Gasteiger partial charge in [-0.05, 0) is 61.9 Å². The number of halogens is 3. The number of phenols is 1. The van der Waals surface area contributed by atoms with Crippen LogP contribution in [0.1, 0.15) is 47.9 Å². The lowest BCUT2D eigenvalue weighted by atomic mass is 9.59. The van der Waals surface area contributed by atoms with Crippen LogP contribution in [0.5, 0.6) is 5.75 Å². The lowest BCUT2D eigenvalue weighted by Crippen LogP contribution is -2.58. The lowest BCUT2D eigenvalue weighted by Gasteiger charge is -2.46. The highest BCUT2D eigenvalue weighted by atomic mass is 19.4. The number of hydrogen-bond donors (Lipinski definition) is 6. The molecule has 0 bridgehead atoms. The monoisotopic (exact) mass is 565 g/mol. The van der Waals surface area contributed by atoms with Crippen LogP contribution < -0.4 is 11.1 Å². The van der Waals surface area contributed by atoms with E-state index >= 15 is 0 Å². The molecule has 7 N–H and O–H groups in total. The van der Waals surface area contributed by atoms with Crippen molar-refractivity contribution in [3.05, 3.63) is 45.2 Å². The number of phenolic OH excluding ortho intramolecular Hbond substituents is 1. The van der Waals surface area contributed by atoms with Crippen LogP contribution in [0.25, 0.3) is 5.76 Å². The van der Waals surface area contributed by atoms with Crippen molar-refractivity contribution in [3.63, 3.8) is 0 Å². The average molecular weight is 566 g/mol. The van der Waals surface area contributed by atoms with Crippen molar-refractivity contribution in [2.75, 3.05) is 26.2 Å². The SMILES string of the molecule is NC(=O)C1=C(O)[C@@]2(O)C(=O)C3=C(O)c4c(O)cc(CNCCN5CCCC5)c(C(F)(F)F)c4CC3C[C@H]2CC1=O. The highest BCUT2D eigenvalue weighted by Gasteiger charge is 2.60. The third-order valence-corrected chi connectivity index (χ3v) is 8.55. The van der Waals surface area contributed by atoms with Gasteiger partial charge < -0.3 is 36.4 Å². The fourth-order valence-electron chi connectivity index (χ4n) is 6.72. The second-order valence-corrected chi connectivity index (χ2v) is 10.9. The van der Waals surface area contributed by atoms with Gasteiger partial charge in [-0.1, -0.05) is 0 Å². The Balaban J connectivity index is 1.55. The summed E-state index contributed by atoms with van der Waals surface area (Å²) in [5.74, 6) is -8.72. The summed E-state index contributed by atoms with van der Waals surface area (Å²) in [5, 5.41) is 46.7. The van der Waals surface area contributed by atoms with Crippen molar-refractivity contribution in [2.45, 2.75) is 50.4 Å². The van der Waals surface area contributed by atoms with Crippen molar-refractivity contribution < 1.29 is 48.0 Å². The Kier molecular flexibility index (Phi) is 6.95. The smallest absolute Gasteiger partial charge is 0.417 e. The zero-order chi connectivity index (χ0) is 29.1. The van der Waals surface area contributed by atoms with Gasteiger partial charge in [-0.3, -0.25) is 14.4 Å². The number of aliphatic hydroxyl groups excluding tert-OH is 2. The summed E-state index contributed by atoms with van der Waals surface area (Å²) in [5.41, 5.74) is -1.29. The highest BCUT2D eigenvalue weighted by molar-refractivity contribution is 6.22. The van der Waals surface area contributed by atoms with Crippen LogP contribution in [0.15, 0.2) is 23.0 Å². The fourth-order valence-corrected chi connectivity index (χ4v) is 6.72. The second-order valence-electron chi connectivity index (χ2n) is 10.9. The highest BCUT2D eigenvalue weighted by Crippen LogP contribution is 2.53. The number of nitrogens with two attached hydrogens (primary N) is 1. The normalized spacial score (nSPS) is 27.1. The van der Waals surface area contributed by atoms with Crippen molar-refractivity contribution >= 4 is 23.2 Å². The standard InChI is InChI=1S/C27H30F3N3O7/c28-27(29,30)21-13(11-32-3-6-33-4-1-2-5-33)9-16(34)19-15(21)8-12-7-14-10-17(35)20(25(31)39)24(38)26(14,40)23(37)18(12)22(19)36/h9,12,14,32,34,36,38,40H,1-8,10-11H2,(H2,31,39)/t12?,14-,26-/m0/s1. The van der Waals surface area contributed by atoms with E-state index in [1.165, 1.54) is 0 Å². The van der Waals surface area contributed by atoms with Crippen LogP contribution in [0, 0.1) is 11.8 Å². The number of aromatic hydroxyl groups is 1. The van der Waals surface area contributed by atoms with Gasteiger partial charge in [0.25, 0.3) is 5.91 Å². The van der Waals surface area contributed by atoms with Gasteiger partial charge in [0, 0.05) is 37.5 Å². The average Bonchev–Trinajstić information content (AvgIpc) is 3.36. The number of nitrogens with zero attached hydrogens (tertiary/aromatic N) is 1. The molecule has 216 valence electrons. The number of ketones is 2. The number of hydrogen-bond acceptors (Lipinski definition) is 9. The van der Waals surface area contributed by atoms with Crippen molar-refractivity contribution in [2.24, 2.45) is 17.6 Å². The van der Waals surface area contributed by atoms with Crippen LogP contribution in [-0.2, 0) is 33.5 Å². The van der Waals surface area contributed by atoms with Gasteiger partial charge >= 0.3 is 6.18 Å². The van der Waals surface area contributed by atoms with Gasteiger partial charge in [0.15, 0.2) is 11.4 Å². The van der Waals surface area contributed by atoms with Crippen LogP contribution in [0.4, 0.5) is 13.2 Å². The lowest BCUT2D eigenvalue weighted by molar-refractivity contribution is -0.147. The molecule has 3 aliphatic carbocycles. The minimum atomic E-state index is -4.86. The van der Waals surface area contributed by atoms with Gasteiger partial charge in [0.2, 0.25) is 5.78 Å². The van der Waals surface area contributed by atoms with Crippen molar-refractivity contribution in [1.82, 2.24) is 10.2 Å². The minimum absolute atomic E-state index is 0.199. The first kappa shape index (κ1) is 28.1. The number of rotatable bonds is 6. The van der Waals surface area contributed by atoms with E-state index in [4.69, 9.17) is 5.73 Å². The molecule has 1 saturated carbocycles. The number of primary amides is 1. The summed E-state index contributed by atoms with van der Waals surface area (Å²) in [7, 11) is 0. The van der Waals surface area contributed by atoms with E-state index in [2.05, 4.69) is 10.2 Å². The number of likely N-dealkylation sites (tertiary alicyclic amines) is 1. The molecule has 4 aliphatic rings. The molecule has 1 aromatic carbocycles. The zero-order valence-corrected chi connectivity index (χ0v) is 21.5. The molecule has 1 aromatic rings. The number of carbonyl (C=O) groups is 3. The number of Topliss-reactive ketones (excluding diaryl/α,β-unsaturated/α-hetero) is 2. The number of aliphatic hydroxyl groups is 3. The maximum absolute atomic E-state index is 14.5. The molecule has 0 spiro atoms. The molecular weight excluding hydrogens is 535 g/mol. The first-order valence-electron chi connectivity index (χ1n) is 13.1. The van der Waals surface area contributed by atoms with E-state index < -0.39 is 99.0 Å². The molecule has 2 fully saturated rings. The molecule has 1 unspecified atom stereocenters. The predicted octanol–water partition coefficient (Wildman–Crippen LogP) is 1.63. The molecule has 1 aliphatic heterocycles. The third kappa shape index (κ3) is 4.36. The Hall–Kier alpha value is -3.42. The quantitative estimate of drug-likeness (QED) is 0.221. The predicted molar refractivity (Wildman–Crippen MR) is 134 cm³/mol. The van der Waals surface area contributed by atoms with E-state index in [0.29, 0.717) is 13.1 Å². The Bertz CT molecular complexity index is 1360. The van der Waals surface area contributed by atoms with E-state index in [-0.39, 0.29) is 18.5 Å². The number of alkyl halides is 3. The first-order valence-corrected chi connectivity index (χ1v) is 13.1. The van der Waals surface area contributed by atoms with Crippen LogP contribution in [-0.4, -0.2) is 74.6 Å². The first-order chi connectivity index (χ1) is 18.8. The summed E-state index contributed by atoms with van der Waals surface area (Å²) in [6.07, 6.45) is -3.93. The van der Waals surface area contributed by atoms with E-state index in [9.17, 15) is 48.0 Å². The molecule has 10 nitrogen and oxygen atoms in total. The van der Waals surface area contributed by atoms with Gasteiger partial charge in [-0.2, -0.15) is 13.2 Å². The maximum atomic E-state index is 14.5. The number of carbonyl (C=O) groups excluding carboxylic acids is 3. The summed E-state index contributed by atoms with van der Waals surface area (Å²) >= 11 is 0. The Labute approximate surface area is 227 Å². The van der Waals surface area contributed by atoms with Gasteiger partial charge in [0.1, 0.15) is 22.8 Å². The number of benzene rings is 1. The summed E-state index contributed by atoms with van der Waals surface area (Å²) in [6.45, 7) is 2.76. The molecule has 3 atom stereocenters. The largest absolute Gasteiger partial charge is 0.508 e. The molecule has 5 rings (SSSR count). The Morgan fingerprint density at radius 2 is 1.82 bits per heavy atom. The molecule has 40 heavy (non-hydrogen) atoms. The molecule has 13 heteroatoms. The van der Waals surface area contributed by atoms with Crippen molar-refractivity contribution in [3.8, 4) is 5.75 Å². The summed E-state index contributed by atoms with van der Waals surface area (Å²) < 4.78 is 43.4. The number of amides is 1. The van der Waals surface area contributed by atoms with E-state index in [1.54, 1.807) is 0 Å². The minimum Gasteiger partial charge on any atom is -0.508 e. The number of nitrogens with one attached hydrogen (secondary N) is 1. The van der Waals surface area contributed by atoms with Gasteiger partial charge in [-0.15, -0.1) is 0 Å². The molecule has 0 radical (unpaired) electrons. The van der Waals surface area contributed by atoms with E-state index in [1.807, 2.05) is 0 Å². The van der Waals surface area contributed by atoms with Crippen LogP contribution in [0.2, 0.25) is 0 Å².